The summed E-state index contributed by atoms with van der Waals surface area (Å²) in [5.74, 6) is 0.729. The van der Waals surface area contributed by atoms with Crippen LogP contribution in [0.25, 0.3) is 0 Å². The summed E-state index contributed by atoms with van der Waals surface area (Å²) in [4.78, 5) is 13.5. The number of carbonyl (C=O) groups is 1. The van der Waals surface area contributed by atoms with Crippen molar-refractivity contribution in [3.05, 3.63) is 28.8 Å². The molecular formula is C15H20ClNO2. The second-order valence-corrected chi connectivity index (χ2v) is 5.52. The van der Waals surface area contributed by atoms with Crippen molar-refractivity contribution in [3.63, 3.8) is 0 Å². The van der Waals surface area contributed by atoms with E-state index in [9.17, 15) is 4.79 Å². The smallest absolute Gasteiger partial charge is 0.152 e. The van der Waals surface area contributed by atoms with Gasteiger partial charge in [0, 0.05) is 36.0 Å². The molecule has 0 aromatic heterocycles. The van der Waals surface area contributed by atoms with Crippen molar-refractivity contribution in [2.45, 2.75) is 25.8 Å². The SMILES string of the molecule is COCCN(c1ccc(Cl)cc1C=O)C(C)C1CC1. The normalized spacial score (nSPS) is 16.2. The number of ether oxygens (including phenoxy) is 1. The van der Waals surface area contributed by atoms with Gasteiger partial charge in [-0.05, 0) is 43.9 Å². The molecule has 1 aromatic rings. The number of rotatable bonds is 7. The Kier molecular flexibility index (Phi) is 4.83. The number of hydrogen-bond acceptors (Lipinski definition) is 3. The lowest BCUT2D eigenvalue weighted by Crippen LogP contribution is -2.37. The average Bonchev–Trinajstić information content (AvgIpc) is 3.24. The van der Waals surface area contributed by atoms with Crippen molar-refractivity contribution >= 4 is 23.6 Å². The Bertz CT molecular complexity index is 446. The van der Waals surface area contributed by atoms with E-state index in [1.807, 2.05) is 12.1 Å². The van der Waals surface area contributed by atoms with Gasteiger partial charge in [-0.3, -0.25) is 4.79 Å². The lowest BCUT2D eigenvalue weighted by Gasteiger charge is -2.32. The van der Waals surface area contributed by atoms with Crippen molar-refractivity contribution in [2.75, 3.05) is 25.2 Å². The third kappa shape index (κ3) is 3.48. The van der Waals surface area contributed by atoms with Crippen molar-refractivity contribution in [2.24, 2.45) is 5.92 Å². The summed E-state index contributed by atoms with van der Waals surface area (Å²) in [6, 6.07) is 5.92. The Labute approximate surface area is 119 Å². The Hall–Kier alpha value is -1.06. The first kappa shape index (κ1) is 14.4. The van der Waals surface area contributed by atoms with Crippen LogP contribution in [0.5, 0.6) is 0 Å². The Balaban J connectivity index is 2.27. The summed E-state index contributed by atoms with van der Waals surface area (Å²) in [7, 11) is 1.70. The molecule has 1 aromatic carbocycles. The Morgan fingerprint density at radius 2 is 2.26 bits per heavy atom. The number of aldehydes is 1. The number of carbonyl (C=O) groups excluding carboxylic acids is 1. The zero-order valence-electron chi connectivity index (χ0n) is 11.4. The number of hydrogen-bond donors (Lipinski definition) is 0. The molecule has 1 saturated carbocycles. The molecule has 0 spiro atoms. The lowest BCUT2D eigenvalue weighted by atomic mass is 10.1. The van der Waals surface area contributed by atoms with Crippen LogP contribution in [0.2, 0.25) is 5.02 Å². The first-order valence-corrected chi connectivity index (χ1v) is 7.05. The van der Waals surface area contributed by atoms with E-state index >= 15 is 0 Å². The van der Waals surface area contributed by atoms with Gasteiger partial charge in [-0.25, -0.2) is 0 Å². The van der Waals surface area contributed by atoms with E-state index in [0.717, 1.165) is 24.4 Å². The van der Waals surface area contributed by atoms with Gasteiger partial charge in [0.15, 0.2) is 6.29 Å². The van der Waals surface area contributed by atoms with Crippen molar-refractivity contribution in [3.8, 4) is 0 Å². The molecular weight excluding hydrogens is 262 g/mol. The first-order chi connectivity index (χ1) is 9.17. The summed E-state index contributed by atoms with van der Waals surface area (Å²) >= 11 is 5.96. The van der Waals surface area contributed by atoms with E-state index in [-0.39, 0.29) is 0 Å². The minimum absolute atomic E-state index is 0.426. The van der Waals surface area contributed by atoms with Gasteiger partial charge >= 0.3 is 0 Å². The number of anilines is 1. The summed E-state index contributed by atoms with van der Waals surface area (Å²) in [5.41, 5.74) is 1.60. The van der Waals surface area contributed by atoms with Crippen LogP contribution in [0, 0.1) is 5.92 Å². The van der Waals surface area contributed by atoms with Crippen molar-refractivity contribution < 1.29 is 9.53 Å². The maximum atomic E-state index is 11.2. The van der Waals surface area contributed by atoms with E-state index in [2.05, 4.69) is 11.8 Å². The van der Waals surface area contributed by atoms with Gasteiger partial charge in [0.05, 0.1) is 6.61 Å². The van der Waals surface area contributed by atoms with Gasteiger partial charge in [-0.1, -0.05) is 11.6 Å². The standard InChI is InChI=1S/C15H20ClNO2/c1-11(12-3-4-12)17(7-8-19-2)15-6-5-14(16)9-13(15)10-18/h5-6,9-12H,3-4,7-8H2,1-2H3. The van der Waals surface area contributed by atoms with E-state index < -0.39 is 0 Å². The van der Waals surface area contributed by atoms with Crippen LogP contribution < -0.4 is 4.90 Å². The molecule has 0 saturated heterocycles. The van der Waals surface area contributed by atoms with Crippen LogP contribution in [-0.2, 0) is 4.74 Å². The van der Waals surface area contributed by atoms with E-state index in [0.29, 0.717) is 23.2 Å². The molecule has 19 heavy (non-hydrogen) atoms. The minimum Gasteiger partial charge on any atom is -0.383 e. The fourth-order valence-electron chi connectivity index (χ4n) is 2.45. The van der Waals surface area contributed by atoms with Crippen molar-refractivity contribution in [1.82, 2.24) is 0 Å². The zero-order valence-corrected chi connectivity index (χ0v) is 12.2. The molecule has 0 bridgehead atoms. The van der Waals surface area contributed by atoms with Gasteiger partial charge in [0.1, 0.15) is 0 Å². The number of halogens is 1. The minimum atomic E-state index is 0.426. The van der Waals surface area contributed by atoms with Crippen LogP contribution in [0.4, 0.5) is 5.69 Å². The maximum Gasteiger partial charge on any atom is 0.152 e. The lowest BCUT2D eigenvalue weighted by molar-refractivity contribution is 0.112. The van der Waals surface area contributed by atoms with E-state index in [1.165, 1.54) is 12.8 Å². The average molecular weight is 282 g/mol. The molecule has 0 amide bonds. The van der Waals surface area contributed by atoms with Gasteiger partial charge in [-0.2, -0.15) is 0 Å². The summed E-state index contributed by atoms with van der Waals surface area (Å²) < 4.78 is 5.19. The Morgan fingerprint density at radius 3 is 2.84 bits per heavy atom. The molecule has 1 unspecified atom stereocenters. The fourth-order valence-corrected chi connectivity index (χ4v) is 2.63. The van der Waals surface area contributed by atoms with Gasteiger partial charge in [0.25, 0.3) is 0 Å². The summed E-state index contributed by atoms with van der Waals surface area (Å²) in [6.45, 7) is 3.66. The molecule has 0 radical (unpaired) electrons. The molecule has 0 heterocycles. The van der Waals surface area contributed by atoms with E-state index in [4.69, 9.17) is 16.3 Å². The molecule has 4 heteroatoms. The highest BCUT2D eigenvalue weighted by Gasteiger charge is 2.32. The predicted molar refractivity (Wildman–Crippen MR) is 78.2 cm³/mol. The van der Waals surface area contributed by atoms with Gasteiger partial charge < -0.3 is 9.64 Å². The molecule has 1 aliphatic rings. The topological polar surface area (TPSA) is 29.5 Å². The highest BCUT2D eigenvalue weighted by atomic mass is 35.5. The molecule has 1 fully saturated rings. The highest BCUT2D eigenvalue weighted by molar-refractivity contribution is 6.31. The van der Waals surface area contributed by atoms with Crippen LogP contribution in [-0.4, -0.2) is 32.6 Å². The second kappa shape index (κ2) is 6.40. The van der Waals surface area contributed by atoms with Gasteiger partial charge in [0.2, 0.25) is 0 Å². The maximum absolute atomic E-state index is 11.2. The third-order valence-corrected chi connectivity index (χ3v) is 3.99. The third-order valence-electron chi connectivity index (χ3n) is 3.76. The van der Waals surface area contributed by atoms with E-state index in [1.54, 1.807) is 13.2 Å². The molecule has 2 rings (SSSR count). The second-order valence-electron chi connectivity index (χ2n) is 5.09. The highest BCUT2D eigenvalue weighted by Crippen LogP contribution is 2.37. The number of benzene rings is 1. The number of nitrogens with zero attached hydrogens (tertiary/aromatic N) is 1. The monoisotopic (exact) mass is 281 g/mol. The molecule has 1 aliphatic carbocycles. The number of methoxy groups -OCH3 is 1. The molecule has 1 atom stereocenters. The van der Waals surface area contributed by atoms with Crippen molar-refractivity contribution in [1.29, 1.82) is 0 Å². The Morgan fingerprint density at radius 1 is 1.53 bits per heavy atom. The first-order valence-electron chi connectivity index (χ1n) is 6.67. The summed E-state index contributed by atoms with van der Waals surface area (Å²) in [6.07, 6.45) is 3.42. The van der Waals surface area contributed by atoms with Crippen LogP contribution >= 0.6 is 11.6 Å². The fraction of sp³-hybridized carbons (Fsp3) is 0.533. The summed E-state index contributed by atoms with van der Waals surface area (Å²) in [5, 5.41) is 0.594. The molecule has 0 N–H and O–H groups in total. The predicted octanol–water partition coefficient (Wildman–Crippen LogP) is 3.40. The molecule has 104 valence electrons. The quantitative estimate of drug-likeness (QED) is 0.718. The van der Waals surface area contributed by atoms with Crippen LogP contribution in [0.15, 0.2) is 18.2 Å². The van der Waals surface area contributed by atoms with Crippen LogP contribution in [0.3, 0.4) is 0 Å². The zero-order chi connectivity index (χ0) is 13.8. The van der Waals surface area contributed by atoms with Crippen LogP contribution in [0.1, 0.15) is 30.1 Å². The molecule has 3 nitrogen and oxygen atoms in total. The molecule has 0 aliphatic heterocycles. The largest absolute Gasteiger partial charge is 0.383 e. The van der Waals surface area contributed by atoms with Gasteiger partial charge in [-0.15, -0.1) is 0 Å².